The van der Waals surface area contributed by atoms with Crippen molar-refractivity contribution in [3.8, 4) is 17.2 Å². The Balaban J connectivity index is 1.07. The topological polar surface area (TPSA) is 594 Å². The summed E-state index contributed by atoms with van der Waals surface area (Å²) >= 11 is 0. The van der Waals surface area contributed by atoms with Crippen LogP contribution in [0, 0.1) is 0 Å². The smallest absolute Gasteiger partial charge is 0.326 e. The van der Waals surface area contributed by atoms with Gasteiger partial charge < -0.3 is 114 Å². The number of ether oxygens (including phenoxy) is 2. The zero-order valence-corrected chi connectivity index (χ0v) is 68.3. The largest absolute Gasteiger partial charge is 0.508 e. The van der Waals surface area contributed by atoms with Crippen molar-refractivity contribution in [3.63, 3.8) is 0 Å². The Hall–Kier alpha value is -14.5. The molecule has 664 valence electrons. The van der Waals surface area contributed by atoms with Crippen molar-refractivity contribution >= 4 is 117 Å². The van der Waals surface area contributed by atoms with E-state index in [9.17, 15) is 58.8 Å². The molecule has 40 heteroatoms. The lowest BCUT2D eigenvalue weighted by atomic mass is 10.0. The number of esters is 2. The summed E-state index contributed by atoms with van der Waals surface area (Å²) in [6, 6.07) is 9.61. The van der Waals surface area contributed by atoms with Crippen LogP contribution in [0.3, 0.4) is 0 Å². The van der Waals surface area contributed by atoms with Crippen LogP contribution in [0.15, 0.2) is 134 Å². The molecule has 0 unspecified atom stereocenters. The second-order valence-corrected chi connectivity index (χ2v) is 30.7. The van der Waals surface area contributed by atoms with Gasteiger partial charge in [-0.15, -0.1) is 0 Å². The van der Waals surface area contributed by atoms with Gasteiger partial charge in [0.15, 0.2) is 0 Å². The normalized spacial score (nSPS) is 23.2. The van der Waals surface area contributed by atoms with Crippen molar-refractivity contribution in [2.45, 2.75) is 189 Å². The van der Waals surface area contributed by atoms with Gasteiger partial charge in [0.1, 0.15) is 102 Å². The molecule has 0 spiro atoms. The third kappa shape index (κ3) is 27.5. The lowest BCUT2D eigenvalue weighted by Crippen LogP contribution is -2.61. The van der Waals surface area contributed by atoms with E-state index in [1.54, 1.807) is 54.6 Å². The van der Waals surface area contributed by atoms with Crippen molar-refractivity contribution in [3.05, 3.63) is 161 Å². The minimum Gasteiger partial charge on any atom is -0.508 e. The van der Waals surface area contributed by atoms with Gasteiger partial charge in [-0.1, -0.05) is 84.9 Å². The van der Waals surface area contributed by atoms with Crippen molar-refractivity contribution in [2.24, 2.45) is 0 Å². The van der Waals surface area contributed by atoms with Gasteiger partial charge in [0.05, 0.1) is 19.5 Å². The number of aromatic nitrogens is 1. The van der Waals surface area contributed by atoms with Crippen molar-refractivity contribution in [1.82, 2.24) is 84.3 Å². The summed E-state index contributed by atoms with van der Waals surface area (Å²) in [6.07, 6.45) is -6.44. The Morgan fingerprint density at radius 3 is 1.72 bits per heavy atom. The van der Waals surface area contributed by atoms with E-state index in [0.29, 0.717) is 38.7 Å². The maximum atomic E-state index is 15.6. The number of H-pyrrole nitrogens is 1. The van der Waals surface area contributed by atoms with E-state index in [1.807, 2.05) is 0 Å². The van der Waals surface area contributed by atoms with Crippen LogP contribution in [0.25, 0.3) is 10.9 Å². The van der Waals surface area contributed by atoms with Crippen LogP contribution in [0.2, 0.25) is 0 Å². The van der Waals surface area contributed by atoms with Gasteiger partial charge in [-0.05, 0) is 122 Å². The summed E-state index contributed by atoms with van der Waals surface area (Å²) in [7, 11) is 0. The Morgan fingerprint density at radius 1 is 0.504 bits per heavy atom. The minimum absolute atomic E-state index is 0.00771. The molecule has 4 bridgehead atoms. The molecule has 4 aliphatic rings. The average Bonchev–Trinajstić information content (AvgIpc) is 1.70. The SMILES string of the molecule is CC(=O)N[C@@H](Cc1ccc(O)cc1)C(=O)NCC(=O)NCC(=O)N[C@@H]1C(=O)N[C@@H](Cc2ccccc2)C(=O)N[C@H]2CCCCNC(=O)CC[C@@H](C(=O)N[C@@H](Cc3ccc(O)cc3)C(=O)O)NC(=O)[C@@H]3CCC(=O)OC[C@H](NC(=O)[C@@H]4CCCN4C(=O)[C@H](Cc4ccc(O)cc4)NC2=O)C(=O)N[C@@H](CC(=O)O[C@@H]1C)C(=O)N[C@@H](Cc1c[nH]c2ccccc12)C(=O)N3. The quantitative estimate of drug-likeness (QED) is 0.0344. The summed E-state index contributed by atoms with van der Waals surface area (Å²) < 4.78 is 11.6. The highest BCUT2D eigenvalue weighted by Crippen LogP contribution is 2.25. The van der Waals surface area contributed by atoms with E-state index < -0.39 is 250 Å². The first kappa shape index (κ1) is 92.8. The lowest BCUT2D eigenvalue weighted by Gasteiger charge is -2.31. The van der Waals surface area contributed by atoms with Crippen LogP contribution in [-0.2, 0) is 128 Å². The number of phenolic OH excluding ortho intramolecular Hbond substituents is 3. The highest BCUT2D eigenvalue weighted by atomic mass is 16.5. The van der Waals surface area contributed by atoms with Crippen molar-refractivity contribution < 1.29 is 116 Å². The molecule has 5 heterocycles. The number of aliphatic carboxylic acids is 1. The number of cyclic esters (lactones) is 1. The molecule has 13 atom stereocenters. The summed E-state index contributed by atoms with van der Waals surface area (Å²) in [4.78, 5) is 267. The Bertz CT molecular complexity index is 4970. The molecule has 4 saturated heterocycles. The third-order valence-corrected chi connectivity index (χ3v) is 21.3. The van der Waals surface area contributed by atoms with Crippen LogP contribution in [0.1, 0.15) is 106 Å². The number of carboxylic acid groups (broad SMARTS) is 1. The molecule has 0 radical (unpaired) electrons. The maximum absolute atomic E-state index is 15.6. The molecule has 0 aliphatic carbocycles. The first-order valence-corrected chi connectivity index (χ1v) is 40.7. The Kier molecular flexibility index (Phi) is 32.9. The van der Waals surface area contributed by atoms with Gasteiger partial charge in [0, 0.05) is 82.1 Å². The van der Waals surface area contributed by atoms with Gasteiger partial charge in [0.2, 0.25) is 88.6 Å². The molecule has 6 aromatic rings. The monoisotopic (exact) mass is 1730 g/mol. The molecule has 40 nitrogen and oxygen atoms in total. The highest BCUT2D eigenvalue weighted by Gasteiger charge is 2.44. The maximum Gasteiger partial charge on any atom is 0.326 e. The number of hydrogen-bond donors (Lipinski definition) is 19. The molecule has 125 heavy (non-hydrogen) atoms. The summed E-state index contributed by atoms with van der Waals surface area (Å²) in [5, 5.41) is 76.2. The number of hydrogen-bond acceptors (Lipinski definition) is 23. The fourth-order valence-corrected chi connectivity index (χ4v) is 14.6. The average molecular weight is 1730 g/mol. The van der Waals surface area contributed by atoms with Crippen LogP contribution in [-0.4, -0.2) is 248 Å². The number of rotatable bonds is 20. The minimum atomic E-state index is -2.27. The molecule has 1 aromatic heterocycles. The number of carboxylic acids is 1. The van der Waals surface area contributed by atoms with Crippen molar-refractivity contribution in [2.75, 3.05) is 32.8 Å². The van der Waals surface area contributed by atoms with Gasteiger partial charge in [-0.25, -0.2) is 4.79 Å². The van der Waals surface area contributed by atoms with Crippen LogP contribution < -0.4 is 74.4 Å². The molecule has 19 N–H and O–H groups in total. The van der Waals surface area contributed by atoms with Gasteiger partial charge in [-0.3, -0.25) is 81.5 Å². The Labute approximate surface area is 715 Å². The predicted octanol–water partition coefficient (Wildman–Crippen LogP) is -2.79. The molecule has 10 rings (SSSR count). The highest BCUT2D eigenvalue weighted by molar-refractivity contribution is 6.02. The predicted molar refractivity (Wildman–Crippen MR) is 439 cm³/mol. The number of para-hydroxylation sites is 1. The number of carbonyl (C=O) groups excluding carboxylic acids is 17. The molecule has 5 aromatic carbocycles. The number of benzene rings is 5. The summed E-state index contributed by atoms with van der Waals surface area (Å²) in [6.45, 7) is -0.997. The van der Waals surface area contributed by atoms with Crippen LogP contribution in [0.4, 0.5) is 0 Å². The van der Waals surface area contributed by atoms with Crippen LogP contribution >= 0.6 is 0 Å². The molecule has 4 aliphatic heterocycles. The number of carbonyl (C=O) groups is 18. The van der Waals surface area contributed by atoms with Crippen molar-refractivity contribution in [1.29, 1.82) is 0 Å². The summed E-state index contributed by atoms with van der Waals surface area (Å²) in [5.74, 6) is -20.8. The van der Waals surface area contributed by atoms with Gasteiger partial charge in [0.25, 0.3) is 0 Å². The second-order valence-electron chi connectivity index (χ2n) is 30.7. The van der Waals surface area contributed by atoms with E-state index in [-0.39, 0.29) is 81.7 Å². The zero-order valence-electron chi connectivity index (χ0n) is 68.3. The number of fused-ring (bicyclic) bond motifs is 13. The van der Waals surface area contributed by atoms with E-state index in [2.05, 4.69) is 79.4 Å². The lowest BCUT2D eigenvalue weighted by molar-refractivity contribution is -0.154. The van der Waals surface area contributed by atoms with E-state index >= 15 is 47.9 Å². The van der Waals surface area contributed by atoms with E-state index in [1.165, 1.54) is 79.0 Å². The molecule has 4 fully saturated rings. The fourth-order valence-electron chi connectivity index (χ4n) is 14.6. The summed E-state index contributed by atoms with van der Waals surface area (Å²) in [5.41, 5.74) is 2.44. The number of nitrogens with one attached hydrogen (secondary N) is 15. The number of amides is 15. The van der Waals surface area contributed by atoms with Crippen LogP contribution in [0.5, 0.6) is 17.2 Å². The molecular weight excluding hydrogens is 1630 g/mol. The molecule has 0 saturated carbocycles. The first-order valence-electron chi connectivity index (χ1n) is 40.7. The van der Waals surface area contributed by atoms with E-state index in [4.69, 9.17) is 9.47 Å². The number of aromatic hydroxyl groups is 3. The standard InChI is InChI=1S/C85H100N16O24/c1-45-73(100-70(108)43-88-69(107)42-89-74(111)60(90-46(2)102)36-48-17-23-52(103)24-18-48)83(120)96-61(35-47-11-4-3-5-12-47)78(115)91-57-15-8-9-33-86-68(106)31-29-58(77(114)98-65(85(122)123)38-50-21-27-54(105)28-22-50)92-76(113)59-30-32-71(109)124-44-66(99-82(119)67-16-10-34-101(67)84(121)64(97-75(57)112)37-49-19-25-53(104)26-20-49)81(118)95-63(40-72(110)125-45)80(117)94-62(79(116)93-59)39-51-41-87-56-14-7-6-13-55(51)56/h3-7,11-14,17-28,41,45,57-67,73,87,103-105H,8-10,15-16,29-40,42-44H2,1-2H3,(H,86,106)(H,88,107)(H,89,111)(H,90,102)(H,91,115)(H,92,113)(H,93,116)(H,94,117)(H,95,118)(H,96,120)(H,97,112)(H,98,114)(H,99,119)(H,100,108)(H,122,123)/t45-,57+,58+,59+,60+,61+,62+,63+,64+,65+,66+,67+,73+/m1/s1. The first-order chi connectivity index (χ1) is 59.8. The number of aromatic amines is 1. The third-order valence-electron chi connectivity index (χ3n) is 21.3. The number of phenols is 3. The van der Waals surface area contributed by atoms with Gasteiger partial charge in [-0.2, -0.15) is 0 Å². The second kappa shape index (κ2) is 44.3. The van der Waals surface area contributed by atoms with Gasteiger partial charge >= 0.3 is 17.9 Å². The molecule has 15 amide bonds. The molecular formula is C85H100N16O24. The van der Waals surface area contributed by atoms with E-state index in [0.717, 1.165) is 18.7 Å². The number of nitrogens with zero attached hydrogens (tertiary/aromatic N) is 1. The zero-order chi connectivity index (χ0) is 90.0. The fraction of sp³-hybridized carbons (Fsp3) is 0.412. The Morgan fingerprint density at radius 2 is 1.06 bits per heavy atom.